The predicted octanol–water partition coefficient (Wildman–Crippen LogP) is 2.42. The second-order valence-electron chi connectivity index (χ2n) is 4.11. The predicted molar refractivity (Wildman–Crippen MR) is 63.7 cm³/mol. The fraction of sp³-hybridized carbons (Fsp3) is 0.538. The minimum atomic E-state index is -0.480. The van der Waals surface area contributed by atoms with Gasteiger partial charge in [-0.05, 0) is 24.1 Å². The zero-order chi connectivity index (χ0) is 12.0. The number of halogens is 1. The maximum absolute atomic E-state index is 13.1. The van der Waals surface area contributed by atoms with Gasteiger partial charge in [0.15, 0.2) is 0 Å². The van der Waals surface area contributed by atoms with Crippen molar-refractivity contribution in [3.05, 3.63) is 35.6 Å². The highest BCUT2D eigenvalue weighted by atomic mass is 19.1. The van der Waals surface area contributed by atoms with Gasteiger partial charge in [0.05, 0.1) is 6.10 Å². The van der Waals surface area contributed by atoms with E-state index in [0.717, 1.165) is 24.8 Å². The molecule has 2 atom stereocenters. The molecule has 16 heavy (non-hydrogen) atoms. The van der Waals surface area contributed by atoms with E-state index >= 15 is 0 Å². The van der Waals surface area contributed by atoms with E-state index < -0.39 is 6.10 Å². The molecule has 1 aromatic carbocycles. The molecular formula is C13H20FNO. The lowest BCUT2D eigenvalue weighted by molar-refractivity contribution is 0.133. The molecule has 90 valence electrons. The normalized spacial score (nSPS) is 14.8. The van der Waals surface area contributed by atoms with Crippen molar-refractivity contribution in [3.63, 3.8) is 0 Å². The van der Waals surface area contributed by atoms with Crippen molar-refractivity contribution in [1.82, 2.24) is 0 Å². The molecule has 0 bridgehead atoms. The molecule has 0 amide bonds. The van der Waals surface area contributed by atoms with Crippen LogP contribution >= 0.6 is 0 Å². The van der Waals surface area contributed by atoms with Gasteiger partial charge in [0, 0.05) is 12.5 Å². The van der Waals surface area contributed by atoms with Gasteiger partial charge in [-0.15, -0.1) is 0 Å². The summed E-state index contributed by atoms with van der Waals surface area (Å²) < 4.78 is 13.1. The standard InChI is InChI=1S/C13H20FNO/c1-2-3-7-13(16)12(9-15)10-5-4-6-11(14)8-10/h4-6,8,12-13,16H,2-3,7,9,15H2,1H3. The van der Waals surface area contributed by atoms with Crippen LogP contribution in [-0.2, 0) is 0 Å². The summed E-state index contributed by atoms with van der Waals surface area (Å²) in [5.41, 5.74) is 6.43. The Bertz CT molecular complexity index is 317. The van der Waals surface area contributed by atoms with E-state index in [0.29, 0.717) is 6.54 Å². The molecule has 0 spiro atoms. The maximum Gasteiger partial charge on any atom is 0.123 e. The van der Waals surface area contributed by atoms with Crippen LogP contribution in [0.3, 0.4) is 0 Å². The monoisotopic (exact) mass is 225 g/mol. The van der Waals surface area contributed by atoms with Gasteiger partial charge in [0.25, 0.3) is 0 Å². The first kappa shape index (κ1) is 13.1. The second kappa shape index (κ2) is 6.61. The summed E-state index contributed by atoms with van der Waals surface area (Å²) in [6, 6.07) is 6.32. The van der Waals surface area contributed by atoms with Gasteiger partial charge < -0.3 is 10.8 Å². The van der Waals surface area contributed by atoms with Crippen molar-refractivity contribution in [2.75, 3.05) is 6.54 Å². The van der Waals surface area contributed by atoms with Gasteiger partial charge in [-0.2, -0.15) is 0 Å². The number of rotatable bonds is 6. The summed E-state index contributed by atoms with van der Waals surface area (Å²) >= 11 is 0. The van der Waals surface area contributed by atoms with E-state index in [4.69, 9.17) is 5.73 Å². The van der Waals surface area contributed by atoms with Crippen molar-refractivity contribution in [2.24, 2.45) is 5.73 Å². The van der Waals surface area contributed by atoms with Gasteiger partial charge in [0.2, 0.25) is 0 Å². The summed E-state index contributed by atoms with van der Waals surface area (Å²) in [6.07, 6.45) is 2.24. The summed E-state index contributed by atoms with van der Waals surface area (Å²) in [5, 5.41) is 9.98. The average Bonchev–Trinajstić information content (AvgIpc) is 2.27. The minimum absolute atomic E-state index is 0.165. The van der Waals surface area contributed by atoms with Crippen molar-refractivity contribution in [2.45, 2.75) is 38.2 Å². The lowest BCUT2D eigenvalue weighted by Crippen LogP contribution is -2.26. The van der Waals surface area contributed by atoms with Gasteiger partial charge in [-0.25, -0.2) is 4.39 Å². The fourth-order valence-electron chi connectivity index (χ4n) is 1.87. The number of aliphatic hydroxyl groups excluding tert-OH is 1. The quantitative estimate of drug-likeness (QED) is 0.781. The number of aliphatic hydroxyl groups is 1. The molecule has 0 aliphatic carbocycles. The Morgan fingerprint density at radius 1 is 1.44 bits per heavy atom. The van der Waals surface area contributed by atoms with Gasteiger partial charge in [0.1, 0.15) is 5.82 Å². The Hall–Kier alpha value is -0.930. The van der Waals surface area contributed by atoms with Crippen LogP contribution in [0.1, 0.15) is 37.7 Å². The van der Waals surface area contributed by atoms with Crippen molar-refractivity contribution in [3.8, 4) is 0 Å². The number of nitrogens with two attached hydrogens (primary N) is 1. The SMILES string of the molecule is CCCCC(O)C(CN)c1cccc(F)c1. The lowest BCUT2D eigenvalue weighted by atomic mass is 9.90. The number of hydrogen-bond acceptors (Lipinski definition) is 2. The van der Waals surface area contributed by atoms with Crippen molar-refractivity contribution < 1.29 is 9.50 Å². The lowest BCUT2D eigenvalue weighted by Gasteiger charge is -2.21. The summed E-state index contributed by atoms with van der Waals surface area (Å²) in [6.45, 7) is 2.42. The molecule has 0 saturated carbocycles. The van der Waals surface area contributed by atoms with Crippen LogP contribution in [0.25, 0.3) is 0 Å². The molecule has 3 heteroatoms. The van der Waals surface area contributed by atoms with Crippen molar-refractivity contribution in [1.29, 1.82) is 0 Å². The molecular weight excluding hydrogens is 205 g/mol. The van der Waals surface area contributed by atoms with Crippen LogP contribution in [0, 0.1) is 5.82 Å². The molecule has 1 aromatic rings. The van der Waals surface area contributed by atoms with E-state index in [2.05, 4.69) is 6.92 Å². The molecule has 2 nitrogen and oxygen atoms in total. The first-order valence-electron chi connectivity index (χ1n) is 5.82. The van der Waals surface area contributed by atoms with E-state index in [1.165, 1.54) is 12.1 Å². The number of benzene rings is 1. The third-order valence-electron chi connectivity index (χ3n) is 2.85. The topological polar surface area (TPSA) is 46.2 Å². The Kier molecular flexibility index (Phi) is 5.43. The summed E-state index contributed by atoms with van der Waals surface area (Å²) in [5.74, 6) is -0.444. The average molecular weight is 225 g/mol. The summed E-state index contributed by atoms with van der Waals surface area (Å²) in [4.78, 5) is 0. The molecule has 0 aromatic heterocycles. The molecule has 1 rings (SSSR count). The molecule has 0 aliphatic heterocycles. The zero-order valence-corrected chi connectivity index (χ0v) is 9.70. The van der Waals surface area contributed by atoms with E-state index in [9.17, 15) is 9.50 Å². The molecule has 0 heterocycles. The van der Waals surface area contributed by atoms with E-state index in [1.807, 2.05) is 6.07 Å². The highest BCUT2D eigenvalue weighted by Gasteiger charge is 2.19. The van der Waals surface area contributed by atoms with E-state index in [1.54, 1.807) is 6.07 Å². The second-order valence-corrected chi connectivity index (χ2v) is 4.11. The molecule has 2 unspecified atom stereocenters. The largest absolute Gasteiger partial charge is 0.392 e. The Morgan fingerprint density at radius 2 is 2.19 bits per heavy atom. The van der Waals surface area contributed by atoms with Gasteiger partial charge in [-0.3, -0.25) is 0 Å². The third kappa shape index (κ3) is 3.58. The van der Waals surface area contributed by atoms with Crippen LogP contribution in [-0.4, -0.2) is 17.8 Å². The Balaban J connectivity index is 2.73. The number of unbranched alkanes of at least 4 members (excludes halogenated alkanes) is 1. The molecule has 0 fully saturated rings. The van der Waals surface area contributed by atoms with E-state index in [-0.39, 0.29) is 11.7 Å². The van der Waals surface area contributed by atoms with Crippen LogP contribution in [0.2, 0.25) is 0 Å². The van der Waals surface area contributed by atoms with Gasteiger partial charge in [-0.1, -0.05) is 31.9 Å². The molecule has 0 saturated heterocycles. The molecule has 0 aliphatic rings. The maximum atomic E-state index is 13.1. The first-order chi connectivity index (χ1) is 7.69. The third-order valence-corrected chi connectivity index (χ3v) is 2.85. The first-order valence-corrected chi connectivity index (χ1v) is 5.82. The van der Waals surface area contributed by atoms with Crippen LogP contribution < -0.4 is 5.73 Å². The Labute approximate surface area is 96.3 Å². The highest BCUT2D eigenvalue weighted by molar-refractivity contribution is 5.22. The van der Waals surface area contributed by atoms with Crippen molar-refractivity contribution >= 4 is 0 Å². The fourth-order valence-corrected chi connectivity index (χ4v) is 1.87. The molecule has 0 radical (unpaired) electrons. The smallest absolute Gasteiger partial charge is 0.123 e. The molecule has 3 N–H and O–H groups in total. The van der Waals surface area contributed by atoms with Gasteiger partial charge >= 0.3 is 0 Å². The summed E-state index contributed by atoms with van der Waals surface area (Å²) in [7, 11) is 0. The number of hydrogen-bond donors (Lipinski definition) is 2. The highest BCUT2D eigenvalue weighted by Crippen LogP contribution is 2.22. The zero-order valence-electron chi connectivity index (χ0n) is 9.70. The Morgan fingerprint density at radius 3 is 2.75 bits per heavy atom. The van der Waals surface area contributed by atoms with Crippen LogP contribution in [0.5, 0.6) is 0 Å². The van der Waals surface area contributed by atoms with Crippen LogP contribution in [0.4, 0.5) is 4.39 Å². The minimum Gasteiger partial charge on any atom is -0.392 e. The van der Waals surface area contributed by atoms with Crippen LogP contribution in [0.15, 0.2) is 24.3 Å².